The quantitative estimate of drug-likeness (QED) is 0.744. The molecule has 3 aliphatic rings. The minimum Gasteiger partial charge on any atom is -0.391 e. The van der Waals surface area contributed by atoms with Crippen molar-refractivity contribution in [2.45, 2.75) is 57.1 Å². The lowest BCUT2D eigenvalue weighted by molar-refractivity contribution is -0.127. The van der Waals surface area contributed by atoms with E-state index in [1.165, 1.54) is 6.42 Å². The normalized spacial score (nSPS) is 46.2. The number of carbonyl (C=O) groups is 1. The second kappa shape index (κ2) is 4.02. The molecule has 16 heavy (non-hydrogen) atoms. The van der Waals surface area contributed by atoms with E-state index in [1.807, 2.05) is 0 Å². The topological polar surface area (TPSA) is 49.3 Å². The smallest absolute Gasteiger partial charge is 0.223 e. The molecule has 3 saturated carbocycles. The molecule has 0 bridgehead atoms. The predicted octanol–water partition coefficient (Wildman–Crippen LogP) is 1.45. The Morgan fingerprint density at radius 1 is 1.06 bits per heavy atom. The van der Waals surface area contributed by atoms with Crippen LogP contribution in [0.2, 0.25) is 0 Å². The molecule has 3 fully saturated rings. The van der Waals surface area contributed by atoms with Crippen LogP contribution in [0.15, 0.2) is 0 Å². The van der Waals surface area contributed by atoms with Crippen molar-refractivity contribution in [2.75, 3.05) is 0 Å². The van der Waals surface area contributed by atoms with Crippen LogP contribution in [0.25, 0.3) is 0 Å². The predicted molar refractivity (Wildman–Crippen MR) is 60.7 cm³/mol. The van der Waals surface area contributed by atoms with Crippen LogP contribution in [-0.2, 0) is 4.79 Å². The Kier molecular flexibility index (Phi) is 2.66. The fourth-order valence-corrected chi connectivity index (χ4v) is 3.51. The van der Waals surface area contributed by atoms with Gasteiger partial charge in [0.15, 0.2) is 0 Å². The molecule has 0 aromatic heterocycles. The molecule has 2 unspecified atom stereocenters. The van der Waals surface area contributed by atoms with E-state index < -0.39 is 0 Å². The Hall–Kier alpha value is -0.570. The largest absolute Gasteiger partial charge is 0.391 e. The number of carbonyl (C=O) groups excluding carboxylic acids is 1. The fraction of sp³-hybridized carbons (Fsp3) is 0.923. The van der Waals surface area contributed by atoms with Crippen molar-refractivity contribution in [3.63, 3.8) is 0 Å². The molecule has 0 aromatic carbocycles. The Balaban J connectivity index is 1.51. The summed E-state index contributed by atoms with van der Waals surface area (Å²) in [4.78, 5) is 12.0. The zero-order chi connectivity index (χ0) is 11.1. The number of fused-ring (bicyclic) bond motifs is 1. The molecule has 3 aliphatic carbocycles. The molecular weight excluding hydrogens is 202 g/mol. The van der Waals surface area contributed by atoms with Crippen molar-refractivity contribution in [2.24, 2.45) is 17.8 Å². The highest BCUT2D eigenvalue weighted by Gasteiger charge is 2.48. The minimum atomic E-state index is -0.311. The molecule has 3 heteroatoms. The number of nitrogens with one attached hydrogen (secondary N) is 1. The van der Waals surface area contributed by atoms with Crippen LogP contribution >= 0.6 is 0 Å². The molecule has 0 aromatic rings. The van der Waals surface area contributed by atoms with Crippen LogP contribution < -0.4 is 5.32 Å². The van der Waals surface area contributed by atoms with Gasteiger partial charge >= 0.3 is 0 Å². The molecule has 3 rings (SSSR count). The number of amides is 1. The Labute approximate surface area is 96.6 Å². The van der Waals surface area contributed by atoms with Gasteiger partial charge in [0.05, 0.1) is 12.1 Å². The van der Waals surface area contributed by atoms with E-state index in [4.69, 9.17) is 0 Å². The van der Waals surface area contributed by atoms with Crippen molar-refractivity contribution < 1.29 is 9.90 Å². The van der Waals surface area contributed by atoms with E-state index in [-0.39, 0.29) is 24.0 Å². The SMILES string of the molecule is O=C(N[C@@H]1CCCC[C@H]1O)C1CC2CC2C1. The van der Waals surface area contributed by atoms with Gasteiger partial charge in [0.25, 0.3) is 0 Å². The third-order valence-electron chi connectivity index (χ3n) is 4.67. The number of aliphatic hydroxyl groups excluding tert-OH is 1. The summed E-state index contributed by atoms with van der Waals surface area (Å²) in [5, 5.41) is 12.9. The van der Waals surface area contributed by atoms with E-state index in [1.54, 1.807) is 0 Å². The average Bonchev–Trinajstić information content (AvgIpc) is 2.89. The molecule has 0 aliphatic heterocycles. The first-order valence-electron chi connectivity index (χ1n) is 6.72. The molecule has 1 amide bonds. The maximum atomic E-state index is 12.0. The zero-order valence-corrected chi connectivity index (χ0v) is 9.69. The summed E-state index contributed by atoms with van der Waals surface area (Å²) in [5.41, 5.74) is 0. The number of rotatable bonds is 2. The maximum absolute atomic E-state index is 12.0. The van der Waals surface area contributed by atoms with Gasteiger partial charge in [-0.15, -0.1) is 0 Å². The summed E-state index contributed by atoms with van der Waals surface area (Å²) < 4.78 is 0. The first-order chi connectivity index (χ1) is 7.74. The Morgan fingerprint density at radius 2 is 1.75 bits per heavy atom. The Bertz CT molecular complexity index is 282. The second-order valence-corrected chi connectivity index (χ2v) is 5.89. The molecule has 90 valence electrons. The van der Waals surface area contributed by atoms with Gasteiger partial charge in [-0.25, -0.2) is 0 Å². The molecule has 4 atom stereocenters. The van der Waals surface area contributed by atoms with Crippen LogP contribution in [0.1, 0.15) is 44.9 Å². The molecule has 0 spiro atoms. The zero-order valence-electron chi connectivity index (χ0n) is 9.69. The van der Waals surface area contributed by atoms with Crippen LogP contribution in [0.4, 0.5) is 0 Å². The summed E-state index contributed by atoms with van der Waals surface area (Å²) in [6, 6.07) is 0.0261. The van der Waals surface area contributed by atoms with Crippen LogP contribution in [0, 0.1) is 17.8 Å². The van der Waals surface area contributed by atoms with E-state index >= 15 is 0 Å². The van der Waals surface area contributed by atoms with Gasteiger partial charge in [-0.2, -0.15) is 0 Å². The average molecular weight is 223 g/mol. The van der Waals surface area contributed by atoms with Gasteiger partial charge < -0.3 is 10.4 Å². The van der Waals surface area contributed by atoms with Crippen molar-refractivity contribution in [1.82, 2.24) is 5.32 Å². The molecule has 0 saturated heterocycles. The van der Waals surface area contributed by atoms with Crippen LogP contribution in [-0.4, -0.2) is 23.2 Å². The van der Waals surface area contributed by atoms with Gasteiger partial charge in [0.1, 0.15) is 0 Å². The van der Waals surface area contributed by atoms with Crippen LogP contribution in [0.3, 0.4) is 0 Å². The van der Waals surface area contributed by atoms with E-state index in [0.29, 0.717) is 0 Å². The highest BCUT2D eigenvalue weighted by molar-refractivity contribution is 5.79. The first kappa shape index (κ1) is 10.6. The molecule has 0 radical (unpaired) electrons. The third-order valence-corrected chi connectivity index (χ3v) is 4.67. The molecular formula is C13H21NO2. The Morgan fingerprint density at radius 3 is 2.44 bits per heavy atom. The highest BCUT2D eigenvalue weighted by Crippen LogP contribution is 2.54. The van der Waals surface area contributed by atoms with Crippen molar-refractivity contribution in [3.8, 4) is 0 Å². The monoisotopic (exact) mass is 223 g/mol. The summed E-state index contributed by atoms with van der Waals surface area (Å²) in [6.07, 6.45) is 7.27. The van der Waals surface area contributed by atoms with Gasteiger partial charge in [0.2, 0.25) is 5.91 Å². The van der Waals surface area contributed by atoms with Crippen molar-refractivity contribution in [3.05, 3.63) is 0 Å². The standard InChI is InChI=1S/C13H21NO2/c15-12-4-2-1-3-11(12)14-13(16)10-6-8-5-9(8)7-10/h8-12,15H,1-7H2,(H,14,16)/t8?,9?,10?,11-,12-/m1/s1. The van der Waals surface area contributed by atoms with E-state index in [9.17, 15) is 9.90 Å². The lowest BCUT2D eigenvalue weighted by Crippen LogP contribution is -2.47. The fourth-order valence-electron chi connectivity index (χ4n) is 3.51. The molecule has 2 N–H and O–H groups in total. The second-order valence-electron chi connectivity index (χ2n) is 5.89. The number of hydrogen-bond acceptors (Lipinski definition) is 2. The lowest BCUT2D eigenvalue weighted by atomic mass is 9.91. The van der Waals surface area contributed by atoms with Gasteiger partial charge in [0, 0.05) is 5.92 Å². The lowest BCUT2D eigenvalue weighted by Gasteiger charge is -2.29. The minimum absolute atomic E-state index is 0.0261. The van der Waals surface area contributed by atoms with E-state index in [2.05, 4.69) is 5.32 Å². The van der Waals surface area contributed by atoms with Crippen molar-refractivity contribution in [1.29, 1.82) is 0 Å². The number of hydrogen-bond donors (Lipinski definition) is 2. The van der Waals surface area contributed by atoms with Crippen molar-refractivity contribution >= 4 is 5.91 Å². The number of aliphatic hydroxyl groups is 1. The third kappa shape index (κ3) is 1.97. The van der Waals surface area contributed by atoms with Crippen LogP contribution in [0.5, 0.6) is 0 Å². The van der Waals surface area contributed by atoms with Gasteiger partial charge in [-0.05, 0) is 43.9 Å². The highest BCUT2D eigenvalue weighted by atomic mass is 16.3. The van der Waals surface area contributed by atoms with Gasteiger partial charge in [-0.1, -0.05) is 12.8 Å². The molecule has 3 nitrogen and oxygen atoms in total. The summed E-state index contributed by atoms with van der Waals surface area (Å²) in [5.74, 6) is 2.16. The first-order valence-corrected chi connectivity index (χ1v) is 6.72. The summed E-state index contributed by atoms with van der Waals surface area (Å²) in [7, 11) is 0. The summed E-state index contributed by atoms with van der Waals surface area (Å²) >= 11 is 0. The maximum Gasteiger partial charge on any atom is 0.223 e. The van der Waals surface area contributed by atoms with Gasteiger partial charge in [-0.3, -0.25) is 4.79 Å². The summed E-state index contributed by atoms with van der Waals surface area (Å²) in [6.45, 7) is 0. The molecule has 0 heterocycles. The van der Waals surface area contributed by atoms with E-state index in [0.717, 1.165) is 50.4 Å².